The number of carbonyl (C=O) groups is 2. The van der Waals surface area contributed by atoms with Gasteiger partial charge in [0.2, 0.25) is 5.91 Å². The van der Waals surface area contributed by atoms with E-state index in [0.717, 1.165) is 6.08 Å². The van der Waals surface area contributed by atoms with Gasteiger partial charge in [0.05, 0.1) is 12.6 Å². The molecule has 0 spiro atoms. The van der Waals surface area contributed by atoms with Crippen molar-refractivity contribution in [2.75, 3.05) is 13.2 Å². The molecular formula is C15H22N2O5. The summed E-state index contributed by atoms with van der Waals surface area (Å²) in [7, 11) is 0. The number of nitrogens with zero attached hydrogens (tertiary/aromatic N) is 1. The van der Waals surface area contributed by atoms with E-state index < -0.39 is 17.8 Å². The highest BCUT2D eigenvalue weighted by molar-refractivity contribution is 5.90. The van der Waals surface area contributed by atoms with Crippen LogP contribution in [0.5, 0.6) is 0 Å². The fraction of sp³-hybridized carbons (Fsp3) is 0.600. The summed E-state index contributed by atoms with van der Waals surface area (Å²) in [6, 6.07) is -0.734. The predicted octanol–water partition coefficient (Wildman–Crippen LogP) is 0.481. The summed E-state index contributed by atoms with van der Waals surface area (Å²) in [5.41, 5.74) is 0.423. The smallest absolute Gasteiger partial charge is 0.330 e. The van der Waals surface area contributed by atoms with Crippen LogP contribution in [0.25, 0.3) is 0 Å². The van der Waals surface area contributed by atoms with E-state index in [-0.39, 0.29) is 18.1 Å². The van der Waals surface area contributed by atoms with Crippen LogP contribution >= 0.6 is 0 Å². The van der Waals surface area contributed by atoms with Gasteiger partial charge in [-0.25, -0.2) is 4.79 Å². The maximum Gasteiger partial charge on any atom is 0.330 e. The molecule has 0 radical (unpaired) electrons. The molecule has 22 heavy (non-hydrogen) atoms. The maximum absolute atomic E-state index is 12.2. The molecule has 0 aromatic rings. The first kappa shape index (κ1) is 16.5. The molecule has 2 aliphatic rings. The fourth-order valence-electron chi connectivity index (χ4n) is 2.84. The quantitative estimate of drug-likeness (QED) is 0.421. The highest BCUT2D eigenvalue weighted by atomic mass is 16.7. The lowest BCUT2D eigenvalue weighted by Crippen LogP contribution is -2.73. The predicted molar refractivity (Wildman–Crippen MR) is 78.9 cm³/mol. The van der Waals surface area contributed by atoms with Gasteiger partial charge in [0, 0.05) is 18.3 Å². The summed E-state index contributed by atoms with van der Waals surface area (Å²) < 4.78 is 11.4. The number of rotatable bonds is 6. The fourth-order valence-corrected chi connectivity index (χ4v) is 2.84. The average molecular weight is 310 g/mol. The molecule has 2 saturated heterocycles. The summed E-state index contributed by atoms with van der Waals surface area (Å²) in [5, 5.41) is 11.7. The van der Waals surface area contributed by atoms with E-state index in [9.17, 15) is 9.59 Å². The number of carboxylic acid groups (broad SMARTS) is 1. The van der Waals surface area contributed by atoms with Crippen molar-refractivity contribution in [2.45, 2.75) is 44.7 Å². The Labute approximate surface area is 129 Å². The molecule has 2 heterocycles. The highest BCUT2D eigenvalue weighted by Gasteiger charge is 2.54. The van der Waals surface area contributed by atoms with E-state index >= 15 is 0 Å². The van der Waals surface area contributed by atoms with E-state index in [0.29, 0.717) is 18.8 Å². The maximum atomic E-state index is 12.2. The molecule has 3 atom stereocenters. The molecule has 2 rings (SSSR count). The number of aliphatic carboxylic acids is 1. The Morgan fingerprint density at radius 3 is 2.77 bits per heavy atom. The molecule has 0 aliphatic carbocycles. The van der Waals surface area contributed by atoms with Gasteiger partial charge in [-0.15, -0.1) is 6.58 Å². The Morgan fingerprint density at radius 1 is 1.59 bits per heavy atom. The first-order valence-corrected chi connectivity index (χ1v) is 7.16. The number of ether oxygens (including phenoxy) is 2. The Bertz CT molecular complexity index is 514. The zero-order valence-electron chi connectivity index (χ0n) is 13.0. The standard InChI is InChI=1S/C15H22N2O5/c1-5-6-17-13(10-8-21-15(3,4)22-10)12(14(17)20)16-9(2)7-11(18)19/h5,7,10,12-13,16H,1,6,8H2,2-4H3,(H,18,19)/t10?,12-,13+/m0/s1. The monoisotopic (exact) mass is 310 g/mol. The van der Waals surface area contributed by atoms with Crippen molar-refractivity contribution in [3.63, 3.8) is 0 Å². The third-order valence-electron chi connectivity index (χ3n) is 3.71. The normalized spacial score (nSPS) is 30.9. The second kappa shape index (κ2) is 6.10. The Kier molecular flexibility index (Phi) is 4.58. The summed E-state index contributed by atoms with van der Waals surface area (Å²) in [6.07, 6.45) is 2.43. The van der Waals surface area contributed by atoms with Crippen molar-refractivity contribution in [1.29, 1.82) is 0 Å². The Balaban J connectivity index is 2.12. The van der Waals surface area contributed by atoms with Crippen molar-refractivity contribution < 1.29 is 24.2 Å². The second-order valence-electron chi connectivity index (χ2n) is 5.92. The van der Waals surface area contributed by atoms with Crippen LogP contribution in [-0.2, 0) is 19.1 Å². The highest BCUT2D eigenvalue weighted by Crippen LogP contribution is 2.33. The molecule has 0 bridgehead atoms. The van der Waals surface area contributed by atoms with E-state index in [1.165, 1.54) is 0 Å². The van der Waals surface area contributed by atoms with Gasteiger partial charge in [0.1, 0.15) is 12.1 Å². The van der Waals surface area contributed by atoms with E-state index in [2.05, 4.69) is 11.9 Å². The van der Waals surface area contributed by atoms with Crippen LogP contribution < -0.4 is 5.32 Å². The van der Waals surface area contributed by atoms with Gasteiger partial charge in [-0.3, -0.25) is 4.79 Å². The summed E-state index contributed by atoms with van der Waals surface area (Å²) in [6.45, 7) is 9.73. The molecule has 0 aromatic heterocycles. The summed E-state index contributed by atoms with van der Waals surface area (Å²) in [4.78, 5) is 24.6. The number of hydrogen-bond acceptors (Lipinski definition) is 5. The molecule has 7 nitrogen and oxygen atoms in total. The van der Waals surface area contributed by atoms with Crippen molar-refractivity contribution in [2.24, 2.45) is 0 Å². The molecule has 0 saturated carbocycles. The van der Waals surface area contributed by atoms with Gasteiger partial charge in [-0.05, 0) is 20.8 Å². The van der Waals surface area contributed by atoms with Crippen LogP contribution in [0.2, 0.25) is 0 Å². The lowest BCUT2D eigenvalue weighted by Gasteiger charge is -2.49. The van der Waals surface area contributed by atoms with Crippen LogP contribution in [-0.4, -0.2) is 59.0 Å². The second-order valence-corrected chi connectivity index (χ2v) is 5.92. The zero-order valence-corrected chi connectivity index (χ0v) is 13.0. The van der Waals surface area contributed by atoms with Crippen LogP contribution in [0.1, 0.15) is 20.8 Å². The number of amides is 1. The number of allylic oxidation sites excluding steroid dienone is 1. The van der Waals surface area contributed by atoms with E-state index in [4.69, 9.17) is 14.6 Å². The number of hydrogen-bond donors (Lipinski definition) is 2. The lowest BCUT2D eigenvalue weighted by molar-refractivity contribution is -0.172. The van der Waals surface area contributed by atoms with Crippen molar-refractivity contribution >= 4 is 11.9 Å². The SMILES string of the molecule is C=CCN1C(=O)[C@@H](NC(C)=CC(=O)O)[C@H]1C1COC(C)(C)O1. The van der Waals surface area contributed by atoms with Gasteiger partial charge < -0.3 is 24.8 Å². The topological polar surface area (TPSA) is 88.1 Å². The zero-order chi connectivity index (χ0) is 16.5. The number of carboxylic acids is 1. The molecule has 7 heteroatoms. The van der Waals surface area contributed by atoms with Gasteiger partial charge in [0.25, 0.3) is 0 Å². The molecule has 1 unspecified atom stereocenters. The number of β-lactam (4-membered cyclic amide) rings is 1. The minimum Gasteiger partial charge on any atom is -0.478 e. The first-order chi connectivity index (χ1) is 10.2. The van der Waals surface area contributed by atoms with Gasteiger partial charge in [0.15, 0.2) is 5.79 Å². The van der Waals surface area contributed by atoms with E-state index in [1.54, 1.807) is 17.9 Å². The molecule has 2 N–H and O–H groups in total. The molecule has 2 aliphatic heterocycles. The minimum absolute atomic E-state index is 0.101. The minimum atomic E-state index is -1.06. The third kappa shape index (κ3) is 3.31. The largest absolute Gasteiger partial charge is 0.478 e. The molecule has 122 valence electrons. The first-order valence-electron chi connectivity index (χ1n) is 7.16. The number of nitrogens with one attached hydrogen (secondary N) is 1. The molecular weight excluding hydrogens is 288 g/mol. The van der Waals surface area contributed by atoms with Crippen LogP contribution in [0.4, 0.5) is 0 Å². The van der Waals surface area contributed by atoms with E-state index in [1.807, 2.05) is 13.8 Å². The summed E-state index contributed by atoms with van der Waals surface area (Å²) >= 11 is 0. The van der Waals surface area contributed by atoms with Crippen LogP contribution in [0.3, 0.4) is 0 Å². The van der Waals surface area contributed by atoms with Gasteiger partial charge in [-0.2, -0.15) is 0 Å². The van der Waals surface area contributed by atoms with Gasteiger partial charge >= 0.3 is 5.97 Å². The Morgan fingerprint density at radius 2 is 2.27 bits per heavy atom. The number of likely N-dealkylation sites (tertiary alicyclic amines) is 1. The molecule has 0 aromatic carbocycles. The molecule has 2 fully saturated rings. The van der Waals surface area contributed by atoms with Crippen molar-refractivity contribution in [3.05, 3.63) is 24.4 Å². The summed E-state index contributed by atoms with van der Waals surface area (Å²) in [5.74, 6) is -1.84. The Hall–Kier alpha value is -1.86. The number of carbonyl (C=O) groups excluding carboxylic acids is 1. The van der Waals surface area contributed by atoms with Crippen LogP contribution in [0.15, 0.2) is 24.4 Å². The third-order valence-corrected chi connectivity index (χ3v) is 3.71. The van der Waals surface area contributed by atoms with Crippen LogP contribution in [0, 0.1) is 0 Å². The van der Waals surface area contributed by atoms with Crippen molar-refractivity contribution in [3.8, 4) is 0 Å². The van der Waals surface area contributed by atoms with Gasteiger partial charge in [-0.1, -0.05) is 6.08 Å². The molecule has 1 amide bonds. The van der Waals surface area contributed by atoms with Crippen molar-refractivity contribution in [1.82, 2.24) is 10.2 Å². The lowest BCUT2D eigenvalue weighted by atomic mass is 9.89. The average Bonchev–Trinajstić information content (AvgIpc) is 2.75.